The fraction of sp³-hybridized carbons (Fsp3) is 0.143. The Morgan fingerprint density at radius 1 is 1.27 bits per heavy atom. The van der Waals surface area contributed by atoms with Crippen LogP contribution in [0.25, 0.3) is 11.1 Å². The van der Waals surface area contributed by atoms with Crippen LogP contribution in [-0.2, 0) is 11.0 Å². The maximum absolute atomic E-state index is 12.7. The summed E-state index contributed by atoms with van der Waals surface area (Å²) in [6.45, 7) is -0.219. The monoisotopic (exact) mass is 311 g/mol. The Labute approximate surface area is 123 Å². The van der Waals surface area contributed by atoms with Crippen LogP contribution in [0.2, 0.25) is 0 Å². The topological polar surface area (TPSA) is 88.2 Å². The van der Waals surface area contributed by atoms with Crippen LogP contribution >= 0.6 is 0 Å². The highest BCUT2D eigenvalue weighted by molar-refractivity contribution is 5.79. The molecular weight excluding hydrogens is 299 g/mol. The van der Waals surface area contributed by atoms with E-state index in [1.54, 1.807) is 0 Å². The molecule has 0 saturated carbocycles. The summed E-state index contributed by atoms with van der Waals surface area (Å²) in [5, 5.41) is 12.3. The van der Waals surface area contributed by atoms with Crippen molar-refractivity contribution in [3.8, 4) is 16.9 Å². The van der Waals surface area contributed by atoms with Crippen LogP contribution in [0, 0.1) is 0 Å². The summed E-state index contributed by atoms with van der Waals surface area (Å²) in [6.07, 6.45) is -3.16. The summed E-state index contributed by atoms with van der Waals surface area (Å²) in [6, 6.07) is 5.93. The van der Waals surface area contributed by atoms with Gasteiger partial charge in [0.15, 0.2) is 11.6 Å². The molecule has 0 radical (unpaired) electrons. The molecule has 2 aromatic rings. The van der Waals surface area contributed by atoms with Gasteiger partial charge in [0.05, 0.1) is 12.1 Å². The number of aromatic nitrogens is 1. The molecule has 1 heterocycles. The predicted octanol–water partition coefficient (Wildman–Crippen LogP) is 2.37. The zero-order chi connectivity index (χ0) is 16.3. The molecular formula is C14H12F3N3O2. The lowest BCUT2D eigenvalue weighted by Crippen LogP contribution is -2.22. The molecule has 0 unspecified atom stereocenters. The van der Waals surface area contributed by atoms with Crippen molar-refractivity contribution in [2.75, 3.05) is 11.9 Å². The third kappa shape index (κ3) is 3.66. The van der Waals surface area contributed by atoms with E-state index in [0.717, 1.165) is 12.1 Å². The van der Waals surface area contributed by atoms with Crippen LogP contribution in [0.5, 0.6) is 5.75 Å². The Morgan fingerprint density at radius 3 is 2.59 bits per heavy atom. The average molecular weight is 311 g/mol. The van der Waals surface area contributed by atoms with Gasteiger partial charge in [-0.1, -0.05) is 12.1 Å². The first kappa shape index (κ1) is 15.6. The van der Waals surface area contributed by atoms with Crippen LogP contribution < -0.4 is 11.1 Å². The second kappa shape index (κ2) is 5.92. The molecule has 0 spiro atoms. The van der Waals surface area contributed by atoms with Crippen LogP contribution in [0.3, 0.4) is 0 Å². The number of nitrogens with zero attached hydrogens (tertiary/aromatic N) is 1. The number of amides is 1. The van der Waals surface area contributed by atoms with Gasteiger partial charge in [0.2, 0.25) is 5.91 Å². The van der Waals surface area contributed by atoms with Gasteiger partial charge in [-0.25, -0.2) is 4.98 Å². The summed E-state index contributed by atoms with van der Waals surface area (Å²) in [7, 11) is 0. The zero-order valence-corrected chi connectivity index (χ0v) is 11.2. The van der Waals surface area contributed by atoms with Crippen molar-refractivity contribution in [3.05, 3.63) is 42.1 Å². The highest BCUT2D eigenvalue weighted by Gasteiger charge is 2.30. The predicted molar refractivity (Wildman–Crippen MR) is 74.0 cm³/mol. The lowest BCUT2D eigenvalue weighted by molar-refractivity contribution is -0.137. The Balaban J connectivity index is 2.30. The minimum Gasteiger partial charge on any atom is -0.504 e. The van der Waals surface area contributed by atoms with Gasteiger partial charge in [0, 0.05) is 11.8 Å². The smallest absolute Gasteiger partial charge is 0.416 e. The number of anilines is 1. The number of carbonyl (C=O) groups excluding carboxylic acids is 1. The van der Waals surface area contributed by atoms with Crippen molar-refractivity contribution in [2.24, 2.45) is 5.73 Å². The van der Waals surface area contributed by atoms with Crippen molar-refractivity contribution in [2.45, 2.75) is 6.18 Å². The van der Waals surface area contributed by atoms with Crippen molar-refractivity contribution >= 4 is 11.7 Å². The number of nitrogens with one attached hydrogen (secondary N) is 1. The third-order valence-corrected chi connectivity index (χ3v) is 2.82. The fourth-order valence-corrected chi connectivity index (χ4v) is 1.79. The quantitative estimate of drug-likeness (QED) is 0.809. The van der Waals surface area contributed by atoms with E-state index < -0.39 is 17.6 Å². The number of hydrogen-bond donors (Lipinski definition) is 3. The third-order valence-electron chi connectivity index (χ3n) is 2.82. The molecule has 0 aliphatic rings. The first-order chi connectivity index (χ1) is 10.3. The molecule has 116 valence electrons. The van der Waals surface area contributed by atoms with Crippen molar-refractivity contribution < 1.29 is 23.1 Å². The van der Waals surface area contributed by atoms with E-state index in [2.05, 4.69) is 10.3 Å². The van der Waals surface area contributed by atoms with Crippen molar-refractivity contribution in [1.29, 1.82) is 0 Å². The van der Waals surface area contributed by atoms with Crippen molar-refractivity contribution in [3.63, 3.8) is 0 Å². The number of halogens is 3. The summed E-state index contributed by atoms with van der Waals surface area (Å²) < 4.78 is 38.1. The van der Waals surface area contributed by atoms with E-state index in [9.17, 15) is 23.1 Å². The zero-order valence-electron chi connectivity index (χ0n) is 11.2. The van der Waals surface area contributed by atoms with E-state index in [4.69, 9.17) is 5.73 Å². The number of carbonyl (C=O) groups is 1. The van der Waals surface area contributed by atoms with Gasteiger partial charge >= 0.3 is 6.18 Å². The van der Waals surface area contributed by atoms with Crippen molar-refractivity contribution in [1.82, 2.24) is 4.98 Å². The lowest BCUT2D eigenvalue weighted by atomic mass is 10.0. The van der Waals surface area contributed by atoms with Gasteiger partial charge in [-0.05, 0) is 23.8 Å². The minimum atomic E-state index is -4.45. The van der Waals surface area contributed by atoms with Gasteiger partial charge in [0.1, 0.15) is 0 Å². The molecule has 0 aliphatic carbocycles. The summed E-state index contributed by atoms with van der Waals surface area (Å²) >= 11 is 0. The largest absolute Gasteiger partial charge is 0.504 e. The van der Waals surface area contributed by atoms with Gasteiger partial charge in [0.25, 0.3) is 0 Å². The number of primary amides is 1. The highest BCUT2D eigenvalue weighted by atomic mass is 19.4. The number of benzene rings is 1. The Hall–Kier alpha value is -2.77. The Morgan fingerprint density at radius 2 is 2.00 bits per heavy atom. The molecule has 0 bridgehead atoms. The maximum Gasteiger partial charge on any atom is 0.416 e. The molecule has 8 heteroatoms. The standard InChI is InChI=1S/C14H12F3N3O2/c15-14(16,17)10-3-1-2-8(4-10)9-5-11(21)13(19-6-9)20-7-12(18)22/h1-6,21H,7H2,(H2,18,22)(H,19,20). The van der Waals surface area contributed by atoms with Gasteiger partial charge < -0.3 is 16.2 Å². The summed E-state index contributed by atoms with van der Waals surface area (Å²) in [5.41, 5.74) is 4.74. The van der Waals surface area contributed by atoms with Crippen LogP contribution in [0.1, 0.15) is 5.56 Å². The first-order valence-electron chi connectivity index (χ1n) is 6.16. The first-order valence-corrected chi connectivity index (χ1v) is 6.16. The number of pyridine rings is 1. The number of rotatable bonds is 4. The molecule has 0 fully saturated rings. The molecule has 1 aromatic carbocycles. The molecule has 0 aliphatic heterocycles. The molecule has 22 heavy (non-hydrogen) atoms. The van der Waals surface area contributed by atoms with Gasteiger partial charge in [-0.3, -0.25) is 4.79 Å². The molecule has 0 atom stereocenters. The van der Waals surface area contributed by atoms with E-state index in [1.807, 2.05) is 0 Å². The van der Waals surface area contributed by atoms with Crippen LogP contribution in [-0.4, -0.2) is 22.5 Å². The number of aromatic hydroxyl groups is 1. The average Bonchev–Trinajstić information content (AvgIpc) is 2.45. The summed E-state index contributed by atoms with van der Waals surface area (Å²) in [4.78, 5) is 14.5. The number of alkyl halides is 3. The molecule has 1 amide bonds. The molecule has 5 nitrogen and oxygen atoms in total. The lowest BCUT2D eigenvalue weighted by Gasteiger charge is -2.10. The second-order valence-corrected chi connectivity index (χ2v) is 4.49. The maximum atomic E-state index is 12.7. The van der Waals surface area contributed by atoms with Crippen LogP contribution in [0.4, 0.5) is 19.0 Å². The van der Waals surface area contributed by atoms with E-state index in [0.29, 0.717) is 5.56 Å². The number of hydrogen-bond acceptors (Lipinski definition) is 4. The van der Waals surface area contributed by atoms with E-state index >= 15 is 0 Å². The Kier molecular flexibility index (Phi) is 4.20. The highest BCUT2D eigenvalue weighted by Crippen LogP contribution is 2.33. The van der Waals surface area contributed by atoms with E-state index in [-0.39, 0.29) is 23.7 Å². The second-order valence-electron chi connectivity index (χ2n) is 4.49. The Bertz CT molecular complexity index is 702. The fourth-order valence-electron chi connectivity index (χ4n) is 1.79. The molecule has 0 saturated heterocycles. The molecule has 2 rings (SSSR count). The summed E-state index contributed by atoms with van der Waals surface area (Å²) in [5.74, 6) is -0.908. The van der Waals surface area contributed by atoms with Gasteiger partial charge in [-0.2, -0.15) is 13.2 Å². The number of nitrogens with two attached hydrogens (primary N) is 1. The van der Waals surface area contributed by atoms with Gasteiger partial charge in [-0.15, -0.1) is 0 Å². The molecule has 4 N–H and O–H groups in total. The normalized spacial score (nSPS) is 11.2. The SMILES string of the molecule is NC(=O)CNc1ncc(-c2cccc(C(F)(F)F)c2)cc1O. The molecule has 1 aromatic heterocycles. The van der Waals surface area contributed by atoms with Crippen LogP contribution in [0.15, 0.2) is 36.5 Å². The minimum absolute atomic E-state index is 0.0227. The van der Waals surface area contributed by atoms with E-state index in [1.165, 1.54) is 24.4 Å².